The maximum atomic E-state index is 12.5. The van der Waals surface area contributed by atoms with Crippen molar-refractivity contribution in [1.29, 1.82) is 0 Å². The SMILES string of the molecule is COc1ccc(CNC(=O)c2noc3c2COc2ccccc2-3)cc1. The lowest BCUT2D eigenvalue weighted by atomic mass is 10.0. The summed E-state index contributed by atoms with van der Waals surface area (Å²) >= 11 is 0. The number of nitrogens with zero attached hydrogens (tertiary/aromatic N) is 1. The van der Waals surface area contributed by atoms with E-state index in [2.05, 4.69) is 10.5 Å². The maximum Gasteiger partial charge on any atom is 0.274 e. The zero-order valence-electron chi connectivity index (χ0n) is 13.6. The van der Waals surface area contributed by atoms with Gasteiger partial charge < -0.3 is 19.3 Å². The Kier molecular flexibility index (Phi) is 3.85. The highest BCUT2D eigenvalue weighted by Crippen LogP contribution is 2.38. The monoisotopic (exact) mass is 336 g/mol. The molecule has 0 radical (unpaired) electrons. The molecule has 6 heteroatoms. The number of fused-ring (bicyclic) bond motifs is 3. The third-order valence-electron chi connectivity index (χ3n) is 4.12. The highest BCUT2D eigenvalue weighted by atomic mass is 16.5. The minimum absolute atomic E-state index is 0.262. The lowest BCUT2D eigenvalue weighted by Crippen LogP contribution is -2.24. The summed E-state index contributed by atoms with van der Waals surface area (Å²) in [5.74, 6) is 1.81. The summed E-state index contributed by atoms with van der Waals surface area (Å²) in [7, 11) is 1.62. The van der Waals surface area contributed by atoms with Crippen molar-refractivity contribution in [2.45, 2.75) is 13.2 Å². The first-order chi connectivity index (χ1) is 12.3. The van der Waals surface area contributed by atoms with Crippen molar-refractivity contribution in [3.8, 4) is 22.8 Å². The molecule has 0 atom stereocenters. The molecule has 1 aliphatic rings. The fourth-order valence-corrected chi connectivity index (χ4v) is 2.77. The first kappa shape index (κ1) is 15.3. The Morgan fingerprint density at radius 3 is 2.80 bits per heavy atom. The largest absolute Gasteiger partial charge is 0.497 e. The van der Waals surface area contributed by atoms with Gasteiger partial charge in [0.05, 0.1) is 18.2 Å². The van der Waals surface area contributed by atoms with Crippen LogP contribution in [0.1, 0.15) is 21.6 Å². The average molecular weight is 336 g/mol. The molecule has 1 amide bonds. The number of hydrogen-bond donors (Lipinski definition) is 1. The standard InChI is InChI=1S/C19H16N2O4/c1-23-13-8-6-12(7-9-13)10-20-19(22)17-15-11-24-16-5-3-2-4-14(16)18(15)25-21-17/h2-9H,10-11H2,1H3,(H,20,22). The number of rotatable bonds is 4. The van der Waals surface area contributed by atoms with Gasteiger partial charge in [0.1, 0.15) is 18.1 Å². The average Bonchev–Trinajstić information content (AvgIpc) is 3.11. The third-order valence-corrected chi connectivity index (χ3v) is 4.12. The van der Waals surface area contributed by atoms with Crippen LogP contribution in [0.15, 0.2) is 53.1 Å². The van der Waals surface area contributed by atoms with Gasteiger partial charge >= 0.3 is 0 Å². The molecule has 0 saturated carbocycles. The van der Waals surface area contributed by atoms with Crippen LogP contribution < -0.4 is 14.8 Å². The third kappa shape index (κ3) is 2.82. The molecule has 0 saturated heterocycles. The fraction of sp³-hybridized carbons (Fsp3) is 0.158. The molecule has 2 aromatic carbocycles. The molecule has 0 spiro atoms. The first-order valence-electron chi connectivity index (χ1n) is 7.88. The van der Waals surface area contributed by atoms with Crippen LogP contribution in [0.5, 0.6) is 11.5 Å². The Hall–Kier alpha value is -3.28. The van der Waals surface area contributed by atoms with Gasteiger partial charge in [-0.15, -0.1) is 0 Å². The van der Waals surface area contributed by atoms with Crippen LogP contribution in [-0.2, 0) is 13.2 Å². The molecule has 0 unspecified atom stereocenters. The second-order valence-corrected chi connectivity index (χ2v) is 5.65. The topological polar surface area (TPSA) is 73.6 Å². The van der Waals surface area contributed by atoms with Crippen molar-refractivity contribution in [1.82, 2.24) is 10.5 Å². The van der Waals surface area contributed by atoms with Gasteiger partial charge in [-0.2, -0.15) is 0 Å². The number of carbonyl (C=O) groups excluding carboxylic acids is 1. The molecule has 1 N–H and O–H groups in total. The molecule has 0 fully saturated rings. The van der Waals surface area contributed by atoms with E-state index in [9.17, 15) is 4.79 Å². The minimum Gasteiger partial charge on any atom is -0.497 e. The summed E-state index contributed by atoms with van der Waals surface area (Å²) in [5, 5.41) is 6.80. The Balaban J connectivity index is 1.51. The summed E-state index contributed by atoms with van der Waals surface area (Å²) in [4.78, 5) is 12.5. The number of para-hydroxylation sites is 1. The molecular weight excluding hydrogens is 320 g/mol. The van der Waals surface area contributed by atoms with Crippen molar-refractivity contribution in [3.63, 3.8) is 0 Å². The van der Waals surface area contributed by atoms with Crippen molar-refractivity contribution in [3.05, 3.63) is 65.4 Å². The van der Waals surface area contributed by atoms with Gasteiger partial charge in [-0.1, -0.05) is 29.4 Å². The van der Waals surface area contributed by atoms with Crippen molar-refractivity contribution < 1.29 is 18.8 Å². The van der Waals surface area contributed by atoms with Crippen LogP contribution in [0.3, 0.4) is 0 Å². The smallest absolute Gasteiger partial charge is 0.274 e. The quantitative estimate of drug-likeness (QED) is 0.792. The van der Waals surface area contributed by atoms with E-state index < -0.39 is 0 Å². The number of ether oxygens (including phenoxy) is 2. The predicted octanol–water partition coefficient (Wildman–Crippen LogP) is 3.17. The molecule has 126 valence electrons. The van der Waals surface area contributed by atoms with Gasteiger partial charge in [-0.25, -0.2) is 0 Å². The van der Waals surface area contributed by atoms with Crippen LogP contribution in [0.2, 0.25) is 0 Å². The Morgan fingerprint density at radius 2 is 2.00 bits per heavy atom. The summed E-state index contributed by atoms with van der Waals surface area (Å²) in [6, 6.07) is 15.0. The van der Waals surface area contributed by atoms with E-state index in [1.807, 2.05) is 48.5 Å². The number of benzene rings is 2. The minimum atomic E-state index is -0.288. The summed E-state index contributed by atoms with van der Waals surface area (Å²) in [6.45, 7) is 0.656. The second kappa shape index (κ2) is 6.32. The van der Waals surface area contributed by atoms with Crippen LogP contribution in [0, 0.1) is 0 Å². The zero-order valence-corrected chi connectivity index (χ0v) is 13.6. The van der Waals surface area contributed by atoms with Gasteiger partial charge in [-0.05, 0) is 29.8 Å². The zero-order chi connectivity index (χ0) is 17.2. The van der Waals surface area contributed by atoms with Crippen molar-refractivity contribution in [2.75, 3.05) is 7.11 Å². The summed E-state index contributed by atoms with van der Waals surface area (Å²) in [6.07, 6.45) is 0. The summed E-state index contributed by atoms with van der Waals surface area (Å²) in [5.41, 5.74) is 2.71. The number of hydrogen-bond acceptors (Lipinski definition) is 5. The Labute approximate surface area is 144 Å². The normalized spacial score (nSPS) is 11.9. The number of carbonyl (C=O) groups is 1. The molecule has 4 rings (SSSR count). The van der Waals surface area contributed by atoms with Gasteiger partial charge in [-0.3, -0.25) is 4.79 Å². The molecule has 0 aliphatic carbocycles. The molecule has 0 bridgehead atoms. The van der Waals surface area contributed by atoms with Crippen LogP contribution >= 0.6 is 0 Å². The van der Waals surface area contributed by atoms with Gasteiger partial charge in [0.15, 0.2) is 11.5 Å². The number of nitrogens with one attached hydrogen (secondary N) is 1. The van der Waals surface area contributed by atoms with Crippen LogP contribution in [-0.4, -0.2) is 18.2 Å². The van der Waals surface area contributed by atoms with Crippen molar-refractivity contribution >= 4 is 5.91 Å². The molecule has 1 aromatic heterocycles. The van der Waals surface area contributed by atoms with E-state index >= 15 is 0 Å². The van der Waals surface area contributed by atoms with Crippen LogP contribution in [0.4, 0.5) is 0 Å². The lowest BCUT2D eigenvalue weighted by molar-refractivity contribution is 0.0940. The van der Waals surface area contributed by atoms with E-state index in [4.69, 9.17) is 14.0 Å². The Morgan fingerprint density at radius 1 is 1.20 bits per heavy atom. The maximum absolute atomic E-state index is 12.5. The lowest BCUT2D eigenvalue weighted by Gasteiger charge is -2.15. The van der Waals surface area contributed by atoms with Crippen LogP contribution in [0.25, 0.3) is 11.3 Å². The number of methoxy groups -OCH3 is 1. The molecule has 2 heterocycles. The van der Waals surface area contributed by atoms with E-state index in [0.717, 1.165) is 22.6 Å². The van der Waals surface area contributed by atoms with E-state index in [1.54, 1.807) is 7.11 Å². The molecular formula is C19H16N2O4. The highest BCUT2D eigenvalue weighted by Gasteiger charge is 2.28. The van der Waals surface area contributed by atoms with E-state index in [-0.39, 0.29) is 18.2 Å². The van der Waals surface area contributed by atoms with Gasteiger partial charge in [0.25, 0.3) is 5.91 Å². The predicted molar refractivity (Wildman–Crippen MR) is 90.4 cm³/mol. The van der Waals surface area contributed by atoms with Gasteiger partial charge in [0.2, 0.25) is 0 Å². The number of aromatic nitrogens is 1. The first-order valence-corrected chi connectivity index (χ1v) is 7.88. The second-order valence-electron chi connectivity index (χ2n) is 5.65. The fourth-order valence-electron chi connectivity index (χ4n) is 2.77. The molecule has 25 heavy (non-hydrogen) atoms. The summed E-state index contributed by atoms with van der Waals surface area (Å²) < 4.78 is 16.2. The molecule has 1 aliphatic heterocycles. The number of amides is 1. The molecule has 3 aromatic rings. The van der Waals surface area contributed by atoms with E-state index in [0.29, 0.717) is 17.9 Å². The van der Waals surface area contributed by atoms with E-state index in [1.165, 1.54) is 0 Å². The Bertz CT molecular complexity index is 915. The van der Waals surface area contributed by atoms with Crippen molar-refractivity contribution in [2.24, 2.45) is 0 Å². The van der Waals surface area contributed by atoms with Gasteiger partial charge in [0, 0.05) is 6.54 Å². The molecule has 6 nitrogen and oxygen atoms in total. The highest BCUT2D eigenvalue weighted by molar-refractivity contribution is 5.95.